The molecule has 2 N–H and O–H groups in total. The number of rotatable bonds is 3. The second-order valence-corrected chi connectivity index (χ2v) is 5.09. The zero-order chi connectivity index (χ0) is 14.7. The van der Waals surface area contributed by atoms with E-state index in [-0.39, 0.29) is 5.91 Å². The van der Waals surface area contributed by atoms with Crippen LogP contribution in [0.25, 0.3) is 0 Å². The van der Waals surface area contributed by atoms with Crippen LogP contribution >= 0.6 is 0 Å². The Balaban J connectivity index is 1.54. The molecule has 2 aromatic rings. The third-order valence-electron chi connectivity index (χ3n) is 3.56. The Hall–Kier alpha value is -2.51. The van der Waals surface area contributed by atoms with Crippen molar-refractivity contribution in [1.29, 1.82) is 0 Å². The van der Waals surface area contributed by atoms with Gasteiger partial charge in [0.15, 0.2) is 0 Å². The van der Waals surface area contributed by atoms with Gasteiger partial charge in [0.05, 0.1) is 0 Å². The number of hydrogen-bond acceptors (Lipinski definition) is 6. The van der Waals surface area contributed by atoms with Gasteiger partial charge in [0.1, 0.15) is 18.5 Å². The highest BCUT2D eigenvalue weighted by Crippen LogP contribution is 2.16. The van der Waals surface area contributed by atoms with E-state index in [0.29, 0.717) is 25.0 Å². The molecule has 1 saturated heterocycles. The molecule has 3 rings (SSSR count). The minimum atomic E-state index is -0.0937. The van der Waals surface area contributed by atoms with Crippen LogP contribution in [0.3, 0.4) is 0 Å². The molecule has 0 aromatic carbocycles. The van der Waals surface area contributed by atoms with Crippen LogP contribution in [-0.2, 0) is 0 Å². The van der Waals surface area contributed by atoms with Crippen molar-refractivity contribution in [2.24, 2.45) is 0 Å². The second-order valence-electron chi connectivity index (χ2n) is 5.09. The van der Waals surface area contributed by atoms with Gasteiger partial charge in [0.25, 0.3) is 5.91 Å². The van der Waals surface area contributed by atoms with E-state index < -0.39 is 0 Å². The average Bonchev–Trinajstić information content (AvgIpc) is 3.01. The Kier molecular flexibility index (Phi) is 3.76. The molecule has 0 aliphatic carbocycles. The highest BCUT2D eigenvalue weighted by atomic mass is 16.2. The zero-order valence-corrected chi connectivity index (χ0v) is 11.8. The van der Waals surface area contributed by atoms with Crippen molar-refractivity contribution in [2.75, 3.05) is 18.4 Å². The number of aromatic amines is 1. The summed E-state index contributed by atoms with van der Waals surface area (Å²) in [4.78, 5) is 26.1. The lowest BCUT2D eigenvalue weighted by atomic mass is 10.0. The van der Waals surface area contributed by atoms with E-state index in [0.717, 1.165) is 24.4 Å². The molecule has 1 amide bonds. The smallest absolute Gasteiger partial charge is 0.291 e. The van der Waals surface area contributed by atoms with Crippen molar-refractivity contribution in [3.8, 4) is 0 Å². The first-order chi connectivity index (χ1) is 10.2. The summed E-state index contributed by atoms with van der Waals surface area (Å²) in [5, 5.41) is 9.70. The number of likely N-dealkylation sites (tertiary alicyclic amines) is 1. The maximum absolute atomic E-state index is 12.1. The summed E-state index contributed by atoms with van der Waals surface area (Å²) in [6.45, 7) is 3.33. The Morgan fingerprint density at radius 2 is 2.10 bits per heavy atom. The average molecular weight is 287 g/mol. The fraction of sp³-hybridized carbons (Fsp3) is 0.462. The molecule has 0 bridgehead atoms. The van der Waals surface area contributed by atoms with E-state index >= 15 is 0 Å². The van der Waals surface area contributed by atoms with E-state index in [4.69, 9.17) is 0 Å². The van der Waals surface area contributed by atoms with Crippen LogP contribution in [0.2, 0.25) is 0 Å². The number of piperidine rings is 1. The molecule has 0 unspecified atom stereocenters. The normalized spacial score (nSPS) is 16.0. The van der Waals surface area contributed by atoms with Crippen molar-refractivity contribution in [3.05, 3.63) is 30.2 Å². The van der Waals surface area contributed by atoms with Gasteiger partial charge in [-0.05, 0) is 19.8 Å². The molecule has 0 radical (unpaired) electrons. The summed E-state index contributed by atoms with van der Waals surface area (Å²) in [5.41, 5.74) is 0.936. The lowest BCUT2D eigenvalue weighted by molar-refractivity contribution is 0.0706. The van der Waals surface area contributed by atoms with Crippen molar-refractivity contribution in [3.63, 3.8) is 0 Å². The standard InChI is InChI=1S/C13H17N7O/c1-9-6-11(15-7-14-9)18-10-2-4-20(5-3-10)13(21)12-16-8-17-19-12/h6-8,10H,2-5H2,1H3,(H,14,15,18)(H,16,17,19). The van der Waals surface area contributed by atoms with Gasteiger partial charge in [0.2, 0.25) is 5.82 Å². The molecule has 1 fully saturated rings. The molecule has 3 heterocycles. The van der Waals surface area contributed by atoms with Crippen LogP contribution in [0, 0.1) is 6.92 Å². The number of carbonyl (C=O) groups excluding carboxylic acids is 1. The molecular formula is C13H17N7O. The predicted octanol–water partition coefficient (Wildman–Crippen LogP) is 0.620. The molecule has 0 atom stereocenters. The summed E-state index contributed by atoms with van der Waals surface area (Å²) in [6, 6.07) is 2.24. The molecular weight excluding hydrogens is 270 g/mol. The minimum Gasteiger partial charge on any atom is -0.367 e. The summed E-state index contributed by atoms with van der Waals surface area (Å²) in [7, 11) is 0. The Morgan fingerprint density at radius 3 is 2.76 bits per heavy atom. The minimum absolute atomic E-state index is 0.0937. The van der Waals surface area contributed by atoms with Gasteiger partial charge in [-0.2, -0.15) is 5.10 Å². The maximum Gasteiger partial charge on any atom is 0.291 e. The zero-order valence-electron chi connectivity index (χ0n) is 11.8. The number of anilines is 1. The van der Waals surface area contributed by atoms with Crippen molar-refractivity contribution in [2.45, 2.75) is 25.8 Å². The fourth-order valence-corrected chi connectivity index (χ4v) is 2.43. The number of nitrogens with one attached hydrogen (secondary N) is 2. The summed E-state index contributed by atoms with van der Waals surface area (Å²) in [5.74, 6) is 1.04. The number of hydrogen-bond donors (Lipinski definition) is 2. The Morgan fingerprint density at radius 1 is 1.29 bits per heavy atom. The lowest BCUT2D eigenvalue weighted by Crippen LogP contribution is -2.42. The molecule has 8 nitrogen and oxygen atoms in total. The largest absolute Gasteiger partial charge is 0.367 e. The van der Waals surface area contributed by atoms with Crippen LogP contribution in [0.5, 0.6) is 0 Å². The van der Waals surface area contributed by atoms with Crippen molar-refractivity contribution in [1.82, 2.24) is 30.0 Å². The molecule has 21 heavy (non-hydrogen) atoms. The van der Waals surface area contributed by atoms with Gasteiger partial charge >= 0.3 is 0 Å². The number of H-pyrrole nitrogens is 1. The van der Waals surface area contributed by atoms with Gasteiger partial charge in [-0.1, -0.05) is 0 Å². The molecule has 8 heteroatoms. The summed E-state index contributed by atoms with van der Waals surface area (Å²) in [6.07, 6.45) is 4.66. The van der Waals surface area contributed by atoms with Gasteiger partial charge < -0.3 is 10.2 Å². The first-order valence-corrected chi connectivity index (χ1v) is 6.92. The van der Waals surface area contributed by atoms with Gasteiger partial charge in [0, 0.05) is 30.9 Å². The molecule has 1 aliphatic rings. The number of aryl methyl sites for hydroxylation is 1. The number of carbonyl (C=O) groups is 1. The number of nitrogens with zero attached hydrogens (tertiary/aromatic N) is 5. The monoisotopic (exact) mass is 287 g/mol. The van der Waals surface area contributed by atoms with E-state index in [2.05, 4.69) is 30.5 Å². The molecule has 0 saturated carbocycles. The fourth-order valence-electron chi connectivity index (χ4n) is 2.43. The Labute approximate surface area is 122 Å². The predicted molar refractivity (Wildman–Crippen MR) is 75.7 cm³/mol. The van der Waals surface area contributed by atoms with E-state index in [1.807, 2.05) is 13.0 Å². The Bertz CT molecular complexity index is 605. The van der Waals surface area contributed by atoms with Crippen LogP contribution in [0.1, 0.15) is 29.2 Å². The maximum atomic E-state index is 12.1. The third kappa shape index (κ3) is 3.15. The first kappa shape index (κ1) is 13.5. The molecule has 1 aliphatic heterocycles. The molecule has 0 spiro atoms. The van der Waals surface area contributed by atoms with E-state index in [9.17, 15) is 4.79 Å². The number of amides is 1. The van der Waals surface area contributed by atoms with Crippen LogP contribution in [0.15, 0.2) is 18.7 Å². The quantitative estimate of drug-likeness (QED) is 0.858. The van der Waals surface area contributed by atoms with Gasteiger partial charge in [-0.3, -0.25) is 9.89 Å². The summed E-state index contributed by atoms with van der Waals surface area (Å²) < 4.78 is 0. The number of aromatic nitrogens is 5. The third-order valence-corrected chi connectivity index (χ3v) is 3.56. The van der Waals surface area contributed by atoms with Gasteiger partial charge in [-0.15, -0.1) is 0 Å². The van der Waals surface area contributed by atoms with Crippen LogP contribution in [-0.4, -0.2) is 55.1 Å². The lowest BCUT2D eigenvalue weighted by Gasteiger charge is -2.32. The van der Waals surface area contributed by atoms with E-state index in [1.54, 1.807) is 11.2 Å². The van der Waals surface area contributed by atoms with Crippen molar-refractivity contribution < 1.29 is 4.79 Å². The van der Waals surface area contributed by atoms with Crippen LogP contribution < -0.4 is 5.32 Å². The topological polar surface area (TPSA) is 99.7 Å². The second kappa shape index (κ2) is 5.86. The van der Waals surface area contributed by atoms with E-state index in [1.165, 1.54) is 6.33 Å². The van der Waals surface area contributed by atoms with Crippen molar-refractivity contribution >= 4 is 11.7 Å². The molecule has 2 aromatic heterocycles. The molecule has 110 valence electrons. The summed E-state index contributed by atoms with van der Waals surface area (Å²) >= 11 is 0. The highest BCUT2D eigenvalue weighted by Gasteiger charge is 2.25. The first-order valence-electron chi connectivity index (χ1n) is 6.92. The van der Waals surface area contributed by atoms with Crippen LogP contribution in [0.4, 0.5) is 5.82 Å². The highest BCUT2D eigenvalue weighted by molar-refractivity contribution is 5.90. The SMILES string of the molecule is Cc1cc(NC2CCN(C(=O)c3ncn[nH]3)CC2)ncn1. The van der Waals surface area contributed by atoms with Gasteiger partial charge in [-0.25, -0.2) is 15.0 Å².